The van der Waals surface area contributed by atoms with Gasteiger partial charge in [0.25, 0.3) is 5.91 Å². The second-order valence-corrected chi connectivity index (χ2v) is 9.11. The molecule has 0 bridgehead atoms. The third kappa shape index (κ3) is 4.53. The van der Waals surface area contributed by atoms with E-state index < -0.39 is 16.0 Å². The highest BCUT2D eigenvalue weighted by molar-refractivity contribution is 7.99. The van der Waals surface area contributed by atoms with Gasteiger partial charge in [0.2, 0.25) is 10.0 Å². The van der Waals surface area contributed by atoms with Gasteiger partial charge in [-0.2, -0.15) is 11.8 Å². The van der Waals surface area contributed by atoms with E-state index in [0.717, 1.165) is 18.6 Å². The van der Waals surface area contributed by atoms with Gasteiger partial charge in [0.15, 0.2) is 0 Å². The SMILES string of the molecule is O=C(O)CC1CSCCN1C(=O)c1ccc(S(=O)(=O)NC2CC2)cc1. The van der Waals surface area contributed by atoms with E-state index in [-0.39, 0.29) is 29.3 Å². The smallest absolute Gasteiger partial charge is 0.305 e. The van der Waals surface area contributed by atoms with Gasteiger partial charge in [-0.3, -0.25) is 9.59 Å². The summed E-state index contributed by atoms with van der Waals surface area (Å²) in [5.41, 5.74) is 0.368. The highest BCUT2D eigenvalue weighted by Crippen LogP contribution is 2.24. The van der Waals surface area contributed by atoms with Crippen LogP contribution < -0.4 is 4.72 Å². The van der Waals surface area contributed by atoms with Gasteiger partial charge in [0, 0.05) is 29.7 Å². The molecule has 1 aromatic rings. The number of carboxylic acids is 1. The lowest BCUT2D eigenvalue weighted by molar-refractivity contribution is -0.138. The molecular formula is C16H20N2O5S2. The second-order valence-electron chi connectivity index (χ2n) is 6.25. The first-order valence-corrected chi connectivity index (χ1v) is 10.7. The van der Waals surface area contributed by atoms with Crippen molar-refractivity contribution in [1.29, 1.82) is 0 Å². The Labute approximate surface area is 150 Å². The Morgan fingerprint density at radius 2 is 1.92 bits per heavy atom. The maximum Gasteiger partial charge on any atom is 0.305 e. The molecule has 25 heavy (non-hydrogen) atoms. The number of aliphatic carboxylic acids is 1. The van der Waals surface area contributed by atoms with Crippen molar-refractivity contribution in [1.82, 2.24) is 9.62 Å². The lowest BCUT2D eigenvalue weighted by Crippen LogP contribution is -2.47. The van der Waals surface area contributed by atoms with Crippen LogP contribution in [0.25, 0.3) is 0 Å². The van der Waals surface area contributed by atoms with Crippen LogP contribution in [-0.2, 0) is 14.8 Å². The van der Waals surface area contributed by atoms with Crippen LogP contribution in [-0.4, -0.2) is 60.4 Å². The number of hydrogen-bond donors (Lipinski definition) is 2. The third-order valence-corrected chi connectivity index (χ3v) is 6.84. The van der Waals surface area contributed by atoms with E-state index in [9.17, 15) is 18.0 Å². The quantitative estimate of drug-likeness (QED) is 0.763. The van der Waals surface area contributed by atoms with Crippen LogP contribution in [0.2, 0.25) is 0 Å². The molecule has 2 aliphatic rings. The van der Waals surface area contributed by atoms with Crippen LogP contribution >= 0.6 is 11.8 Å². The van der Waals surface area contributed by atoms with Crippen molar-refractivity contribution < 1.29 is 23.1 Å². The highest BCUT2D eigenvalue weighted by atomic mass is 32.2. The van der Waals surface area contributed by atoms with Gasteiger partial charge >= 0.3 is 5.97 Å². The number of amides is 1. The minimum Gasteiger partial charge on any atom is -0.481 e. The Bertz CT molecular complexity index is 759. The lowest BCUT2D eigenvalue weighted by Gasteiger charge is -2.34. The van der Waals surface area contributed by atoms with Gasteiger partial charge < -0.3 is 10.0 Å². The Balaban J connectivity index is 1.74. The predicted octanol–water partition coefficient (Wildman–Crippen LogP) is 1.16. The molecular weight excluding hydrogens is 364 g/mol. The van der Waals surface area contributed by atoms with Crippen LogP contribution in [0.5, 0.6) is 0 Å². The van der Waals surface area contributed by atoms with E-state index in [4.69, 9.17) is 5.11 Å². The Morgan fingerprint density at radius 3 is 2.52 bits per heavy atom. The van der Waals surface area contributed by atoms with Crippen molar-refractivity contribution in [2.24, 2.45) is 0 Å². The molecule has 136 valence electrons. The van der Waals surface area contributed by atoms with E-state index in [1.165, 1.54) is 24.3 Å². The van der Waals surface area contributed by atoms with E-state index >= 15 is 0 Å². The number of hydrogen-bond acceptors (Lipinski definition) is 5. The number of carbonyl (C=O) groups excluding carboxylic acids is 1. The van der Waals surface area contributed by atoms with Gasteiger partial charge in [-0.1, -0.05) is 0 Å². The first-order valence-electron chi connectivity index (χ1n) is 8.10. The summed E-state index contributed by atoms with van der Waals surface area (Å²) in [5.74, 6) is 0.165. The van der Waals surface area contributed by atoms with Crippen LogP contribution in [0.4, 0.5) is 0 Å². The van der Waals surface area contributed by atoms with Crippen molar-refractivity contribution in [3.63, 3.8) is 0 Å². The molecule has 0 spiro atoms. The maximum absolute atomic E-state index is 12.7. The van der Waals surface area contributed by atoms with E-state index in [2.05, 4.69) is 4.72 Å². The van der Waals surface area contributed by atoms with Crippen molar-refractivity contribution >= 4 is 33.7 Å². The minimum absolute atomic E-state index is 0.0222. The van der Waals surface area contributed by atoms with Gasteiger partial charge in [-0.15, -0.1) is 0 Å². The number of benzene rings is 1. The van der Waals surface area contributed by atoms with Crippen molar-refractivity contribution in [2.75, 3.05) is 18.1 Å². The summed E-state index contributed by atoms with van der Waals surface area (Å²) in [6.45, 7) is 0.491. The van der Waals surface area contributed by atoms with Crippen LogP contribution in [0, 0.1) is 0 Å². The molecule has 1 saturated carbocycles. The van der Waals surface area contributed by atoms with Crippen molar-refractivity contribution in [3.05, 3.63) is 29.8 Å². The highest BCUT2D eigenvalue weighted by Gasteiger charge is 2.30. The molecule has 1 atom stereocenters. The molecule has 0 aromatic heterocycles. The molecule has 1 aromatic carbocycles. The number of carboxylic acid groups (broad SMARTS) is 1. The monoisotopic (exact) mass is 384 g/mol. The first kappa shape index (κ1) is 18.2. The minimum atomic E-state index is -3.55. The van der Waals surface area contributed by atoms with Gasteiger partial charge in [0.05, 0.1) is 17.4 Å². The molecule has 3 rings (SSSR count). The standard InChI is InChI=1S/C16H20N2O5S2/c19-15(20)9-13-10-24-8-7-18(13)16(21)11-1-5-14(6-2-11)25(22,23)17-12-3-4-12/h1-2,5-6,12-13,17H,3-4,7-10H2,(H,19,20). The zero-order chi connectivity index (χ0) is 18.0. The summed E-state index contributed by atoms with van der Waals surface area (Å²) >= 11 is 1.63. The number of nitrogens with zero attached hydrogens (tertiary/aromatic N) is 1. The zero-order valence-corrected chi connectivity index (χ0v) is 15.2. The molecule has 1 unspecified atom stereocenters. The molecule has 2 fully saturated rings. The molecule has 1 aliphatic heterocycles. The lowest BCUT2D eigenvalue weighted by atomic mass is 10.1. The first-order chi connectivity index (χ1) is 11.9. The van der Waals surface area contributed by atoms with Crippen molar-refractivity contribution in [3.8, 4) is 0 Å². The van der Waals surface area contributed by atoms with Gasteiger partial charge in [-0.25, -0.2) is 13.1 Å². The summed E-state index contributed by atoms with van der Waals surface area (Å²) in [4.78, 5) is 25.4. The third-order valence-electron chi connectivity index (χ3n) is 4.21. The number of nitrogens with one attached hydrogen (secondary N) is 1. The van der Waals surface area contributed by atoms with E-state index in [1.807, 2.05) is 0 Å². The Morgan fingerprint density at radius 1 is 1.24 bits per heavy atom. The number of rotatable bonds is 6. The largest absolute Gasteiger partial charge is 0.481 e. The summed E-state index contributed by atoms with van der Waals surface area (Å²) in [6.07, 6.45) is 1.62. The van der Waals surface area contributed by atoms with Crippen LogP contribution in [0.15, 0.2) is 29.2 Å². The molecule has 0 radical (unpaired) electrons. The second kappa shape index (κ2) is 7.35. The molecule has 7 nitrogen and oxygen atoms in total. The normalized spacial score (nSPS) is 21.1. The zero-order valence-electron chi connectivity index (χ0n) is 13.6. The number of sulfonamides is 1. The molecule has 1 aliphatic carbocycles. The van der Waals surface area contributed by atoms with Crippen molar-refractivity contribution in [2.45, 2.75) is 36.2 Å². The fourth-order valence-electron chi connectivity index (χ4n) is 2.72. The van der Waals surface area contributed by atoms with Gasteiger partial charge in [-0.05, 0) is 37.1 Å². The van der Waals surface area contributed by atoms with Crippen LogP contribution in [0.3, 0.4) is 0 Å². The van der Waals surface area contributed by atoms with Gasteiger partial charge in [0.1, 0.15) is 0 Å². The summed E-state index contributed by atoms with van der Waals surface area (Å²) < 4.78 is 26.9. The topological polar surface area (TPSA) is 104 Å². The molecule has 1 amide bonds. The Kier molecular flexibility index (Phi) is 5.35. The van der Waals surface area contributed by atoms with Crippen LogP contribution in [0.1, 0.15) is 29.6 Å². The summed E-state index contributed by atoms with van der Waals surface area (Å²) in [5, 5.41) is 9.02. The Hall–Kier alpha value is -1.58. The fraction of sp³-hybridized carbons (Fsp3) is 0.500. The average molecular weight is 384 g/mol. The number of thioether (sulfide) groups is 1. The maximum atomic E-state index is 12.7. The summed E-state index contributed by atoms with van der Waals surface area (Å²) in [6, 6.07) is 5.50. The molecule has 2 N–H and O–H groups in total. The van der Waals surface area contributed by atoms with E-state index in [1.54, 1.807) is 16.7 Å². The summed E-state index contributed by atoms with van der Waals surface area (Å²) in [7, 11) is -3.55. The average Bonchev–Trinajstić information content (AvgIpc) is 3.37. The molecule has 9 heteroatoms. The molecule has 1 heterocycles. The van der Waals surface area contributed by atoms with E-state index in [0.29, 0.717) is 17.9 Å². The predicted molar refractivity (Wildman–Crippen MR) is 94.2 cm³/mol. The molecule has 1 saturated heterocycles. The number of carbonyl (C=O) groups is 2. The fourth-order valence-corrected chi connectivity index (χ4v) is 5.09.